The molecule has 0 spiro atoms. The van der Waals surface area contributed by atoms with Gasteiger partial charge in [-0.1, -0.05) is 18.2 Å². The van der Waals surface area contributed by atoms with Crippen LogP contribution >= 0.6 is 0 Å². The van der Waals surface area contributed by atoms with Gasteiger partial charge >= 0.3 is 0 Å². The fourth-order valence-corrected chi connectivity index (χ4v) is 4.68. The second-order valence-corrected chi connectivity index (χ2v) is 9.48. The minimum Gasteiger partial charge on any atom is -0.342 e. The number of amides is 1. The van der Waals surface area contributed by atoms with Crippen molar-refractivity contribution < 1.29 is 13.6 Å². The molecular formula is C27H27F2N3O2. The molecule has 5 rings (SSSR count). The highest BCUT2D eigenvalue weighted by Crippen LogP contribution is 2.33. The molecule has 0 unspecified atom stereocenters. The number of rotatable bonds is 5. The van der Waals surface area contributed by atoms with Crippen molar-refractivity contribution in [1.29, 1.82) is 0 Å². The number of nitrogens with zero attached hydrogens (tertiary/aromatic N) is 3. The zero-order valence-corrected chi connectivity index (χ0v) is 19.4. The molecule has 2 aliphatic rings. The first-order valence-corrected chi connectivity index (χ1v) is 11.7. The molecule has 34 heavy (non-hydrogen) atoms. The summed E-state index contributed by atoms with van der Waals surface area (Å²) in [5, 5.41) is 0. The van der Waals surface area contributed by atoms with Gasteiger partial charge in [0.25, 0.3) is 5.56 Å². The second kappa shape index (κ2) is 8.78. The zero-order valence-electron chi connectivity index (χ0n) is 19.4. The summed E-state index contributed by atoms with van der Waals surface area (Å²) in [5.74, 6) is -0.0474. The zero-order chi connectivity index (χ0) is 24.0. The first-order chi connectivity index (χ1) is 16.3. The van der Waals surface area contributed by atoms with Crippen molar-refractivity contribution in [2.45, 2.75) is 39.7 Å². The van der Waals surface area contributed by atoms with E-state index in [-0.39, 0.29) is 34.7 Å². The summed E-state index contributed by atoms with van der Waals surface area (Å²) in [6.45, 7) is 5.18. The van der Waals surface area contributed by atoms with Crippen LogP contribution in [-0.4, -0.2) is 33.4 Å². The van der Waals surface area contributed by atoms with E-state index in [0.717, 1.165) is 19.3 Å². The lowest BCUT2D eigenvalue weighted by Crippen LogP contribution is -2.33. The first-order valence-electron chi connectivity index (χ1n) is 11.7. The van der Waals surface area contributed by atoms with Crippen molar-refractivity contribution in [3.05, 3.63) is 75.7 Å². The van der Waals surface area contributed by atoms with Gasteiger partial charge in [0.05, 0.1) is 5.56 Å². The van der Waals surface area contributed by atoms with Crippen LogP contribution in [0.3, 0.4) is 0 Å². The Kier molecular flexibility index (Phi) is 5.80. The lowest BCUT2D eigenvalue weighted by Gasteiger charge is -2.20. The van der Waals surface area contributed by atoms with Crippen molar-refractivity contribution >= 4 is 5.91 Å². The Morgan fingerprint density at radius 3 is 2.41 bits per heavy atom. The lowest BCUT2D eigenvalue weighted by atomic mass is 10.0. The van der Waals surface area contributed by atoms with E-state index in [4.69, 9.17) is 0 Å². The Morgan fingerprint density at radius 2 is 1.74 bits per heavy atom. The number of carbonyl (C=O) groups excluding carboxylic acids is 1. The SMILES string of the molecule is Cc1nc(-c2ccc(-c3ccc(F)cc3)cc2F)n(C[C@@H]2CCN(C(=O)C3CC3)C2)c(=O)c1C. The predicted molar refractivity (Wildman–Crippen MR) is 126 cm³/mol. The maximum Gasteiger partial charge on any atom is 0.256 e. The van der Waals surface area contributed by atoms with E-state index in [9.17, 15) is 14.0 Å². The number of hydrogen-bond donors (Lipinski definition) is 0. The van der Waals surface area contributed by atoms with Crippen LogP contribution in [-0.2, 0) is 11.3 Å². The molecule has 0 N–H and O–H groups in total. The van der Waals surface area contributed by atoms with Gasteiger partial charge in [0, 0.05) is 36.8 Å². The van der Waals surface area contributed by atoms with Gasteiger partial charge in [-0.25, -0.2) is 13.8 Å². The molecule has 1 aromatic heterocycles. The van der Waals surface area contributed by atoms with E-state index in [0.29, 0.717) is 47.8 Å². The molecular weight excluding hydrogens is 436 g/mol. The molecule has 7 heteroatoms. The van der Waals surface area contributed by atoms with Crippen LogP contribution in [0.15, 0.2) is 47.3 Å². The van der Waals surface area contributed by atoms with Gasteiger partial charge in [-0.05, 0) is 74.4 Å². The summed E-state index contributed by atoms with van der Waals surface area (Å²) in [5.41, 5.74) is 2.48. The molecule has 1 saturated heterocycles. The van der Waals surface area contributed by atoms with Crippen molar-refractivity contribution in [3.63, 3.8) is 0 Å². The van der Waals surface area contributed by atoms with E-state index < -0.39 is 5.82 Å². The largest absolute Gasteiger partial charge is 0.342 e. The third kappa shape index (κ3) is 4.27. The van der Waals surface area contributed by atoms with Gasteiger partial charge < -0.3 is 4.90 Å². The van der Waals surface area contributed by atoms with Crippen molar-refractivity contribution in [3.8, 4) is 22.5 Å². The van der Waals surface area contributed by atoms with Crippen molar-refractivity contribution in [1.82, 2.24) is 14.5 Å². The molecule has 2 aromatic carbocycles. The van der Waals surface area contributed by atoms with Gasteiger partial charge in [0.2, 0.25) is 5.91 Å². The van der Waals surface area contributed by atoms with Gasteiger partial charge in [-0.15, -0.1) is 0 Å². The smallest absolute Gasteiger partial charge is 0.256 e. The number of likely N-dealkylation sites (tertiary alicyclic amines) is 1. The summed E-state index contributed by atoms with van der Waals surface area (Å²) in [4.78, 5) is 32.2. The maximum atomic E-state index is 15.3. The molecule has 5 nitrogen and oxygen atoms in total. The van der Waals surface area contributed by atoms with Gasteiger partial charge in [0.1, 0.15) is 17.5 Å². The molecule has 3 aromatic rings. The van der Waals surface area contributed by atoms with Crippen LogP contribution in [0.5, 0.6) is 0 Å². The van der Waals surface area contributed by atoms with E-state index in [1.54, 1.807) is 42.7 Å². The highest BCUT2D eigenvalue weighted by Gasteiger charge is 2.37. The Labute approximate surface area is 197 Å². The molecule has 176 valence electrons. The predicted octanol–water partition coefficient (Wildman–Crippen LogP) is 4.73. The Morgan fingerprint density at radius 1 is 1.03 bits per heavy atom. The van der Waals surface area contributed by atoms with Crippen LogP contribution in [0, 0.1) is 37.3 Å². The maximum absolute atomic E-state index is 15.3. The first kappa shape index (κ1) is 22.4. The van der Waals surface area contributed by atoms with Crippen LogP contribution in [0.25, 0.3) is 22.5 Å². The molecule has 1 atom stereocenters. The number of benzene rings is 2. The van der Waals surface area contributed by atoms with Crippen LogP contribution in [0.4, 0.5) is 8.78 Å². The number of halogens is 2. The molecule has 2 fully saturated rings. The van der Waals surface area contributed by atoms with E-state index in [1.165, 1.54) is 18.2 Å². The average molecular weight is 464 g/mol. The summed E-state index contributed by atoms with van der Waals surface area (Å²) < 4.78 is 30.2. The summed E-state index contributed by atoms with van der Waals surface area (Å²) in [7, 11) is 0. The molecule has 0 radical (unpaired) electrons. The topological polar surface area (TPSA) is 55.2 Å². The van der Waals surface area contributed by atoms with Crippen LogP contribution in [0.1, 0.15) is 30.5 Å². The van der Waals surface area contributed by atoms with Gasteiger partial charge in [-0.3, -0.25) is 14.2 Å². The Bertz CT molecular complexity index is 1310. The van der Waals surface area contributed by atoms with E-state index >= 15 is 4.39 Å². The molecule has 1 aliphatic carbocycles. The second-order valence-electron chi connectivity index (χ2n) is 9.48. The fraction of sp³-hybridized carbons (Fsp3) is 0.370. The van der Waals surface area contributed by atoms with Gasteiger partial charge in [-0.2, -0.15) is 0 Å². The minimum absolute atomic E-state index is 0.115. The van der Waals surface area contributed by atoms with Crippen LogP contribution < -0.4 is 5.56 Å². The van der Waals surface area contributed by atoms with Crippen LogP contribution in [0.2, 0.25) is 0 Å². The number of carbonyl (C=O) groups is 1. The van der Waals surface area contributed by atoms with E-state index in [2.05, 4.69) is 4.98 Å². The normalized spacial score (nSPS) is 17.9. The molecule has 0 bridgehead atoms. The van der Waals surface area contributed by atoms with Crippen molar-refractivity contribution in [2.24, 2.45) is 11.8 Å². The standard InChI is InChI=1S/C27H27F2N3O2/c1-16-17(2)30-25(23-10-7-21(13-24(23)29)19-5-8-22(28)9-6-19)32(26(16)33)15-18-11-12-31(14-18)27(34)20-3-4-20/h5-10,13,18,20H,3-4,11-12,14-15H2,1-2H3/t18-/m1/s1. The third-order valence-corrected chi connectivity index (χ3v) is 6.99. The Hall–Kier alpha value is -3.35. The number of hydrogen-bond acceptors (Lipinski definition) is 3. The Balaban J connectivity index is 1.47. The van der Waals surface area contributed by atoms with Crippen molar-refractivity contribution in [2.75, 3.05) is 13.1 Å². The van der Waals surface area contributed by atoms with E-state index in [1.807, 2.05) is 4.90 Å². The number of aryl methyl sites for hydroxylation is 1. The lowest BCUT2D eigenvalue weighted by molar-refractivity contribution is -0.131. The highest BCUT2D eigenvalue weighted by molar-refractivity contribution is 5.81. The molecule has 1 amide bonds. The average Bonchev–Trinajstić information content (AvgIpc) is 3.57. The number of aromatic nitrogens is 2. The summed E-state index contributed by atoms with van der Waals surface area (Å²) in [6, 6.07) is 10.6. The third-order valence-electron chi connectivity index (χ3n) is 6.99. The molecule has 1 aliphatic heterocycles. The van der Waals surface area contributed by atoms with Gasteiger partial charge in [0.15, 0.2) is 0 Å². The highest BCUT2D eigenvalue weighted by atomic mass is 19.1. The molecule has 1 saturated carbocycles. The monoisotopic (exact) mass is 463 g/mol. The summed E-state index contributed by atoms with van der Waals surface area (Å²) in [6.07, 6.45) is 2.75. The quantitative estimate of drug-likeness (QED) is 0.550. The minimum atomic E-state index is -0.498. The molecule has 2 heterocycles. The fourth-order valence-electron chi connectivity index (χ4n) is 4.68. The summed E-state index contributed by atoms with van der Waals surface area (Å²) >= 11 is 0.